The van der Waals surface area contributed by atoms with Gasteiger partial charge in [-0.3, -0.25) is 9.59 Å². The van der Waals surface area contributed by atoms with Gasteiger partial charge < -0.3 is 19.9 Å². The summed E-state index contributed by atoms with van der Waals surface area (Å²) in [4.78, 5) is 36.9. The zero-order chi connectivity index (χ0) is 35.9. The summed E-state index contributed by atoms with van der Waals surface area (Å²) in [6, 6.07) is 6.00. The molecule has 7 atom stereocenters. The predicted molar refractivity (Wildman–Crippen MR) is 195 cm³/mol. The van der Waals surface area contributed by atoms with Crippen LogP contribution in [-0.2, 0) is 26.2 Å². The maximum absolute atomic E-state index is 14.2. The molecule has 5 aliphatic carbocycles. The molecule has 1 aromatic carbocycles. The molecule has 0 aliphatic heterocycles. The average Bonchev–Trinajstić information content (AvgIpc) is 3.06. The third-order valence-corrected chi connectivity index (χ3v) is 15.3. The van der Waals surface area contributed by atoms with Crippen molar-refractivity contribution in [2.24, 2.45) is 44.8 Å². The molecule has 1 heterocycles. The van der Waals surface area contributed by atoms with Crippen molar-refractivity contribution in [3.63, 3.8) is 0 Å². The van der Waals surface area contributed by atoms with Gasteiger partial charge in [0.2, 0.25) is 5.91 Å². The van der Waals surface area contributed by atoms with E-state index in [0.29, 0.717) is 24.9 Å². The zero-order valence-corrected chi connectivity index (χ0v) is 31.7. The lowest BCUT2D eigenvalue weighted by molar-refractivity contribution is -0.168. The lowest BCUT2D eigenvalue weighted by Gasteiger charge is -2.70. The smallest absolute Gasteiger partial charge is 0.325 e. The van der Waals surface area contributed by atoms with E-state index in [1.54, 1.807) is 0 Å². The molecule has 8 heteroatoms. The highest BCUT2D eigenvalue weighted by Gasteiger charge is 2.69. The second-order valence-electron chi connectivity index (χ2n) is 18.6. The Morgan fingerprint density at radius 1 is 0.960 bits per heavy atom. The molecule has 2 aromatic rings. The van der Waals surface area contributed by atoms with Crippen molar-refractivity contribution in [3.8, 4) is 5.75 Å². The van der Waals surface area contributed by atoms with Crippen molar-refractivity contribution in [1.29, 1.82) is 0 Å². The number of aliphatic hydroxyl groups is 1. The third-order valence-electron chi connectivity index (χ3n) is 15.3. The van der Waals surface area contributed by atoms with Gasteiger partial charge in [-0.25, -0.2) is 9.97 Å². The lowest BCUT2D eigenvalue weighted by atomic mass is 9.33. The number of esters is 1. The van der Waals surface area contributed by atoms with E-state index in [9.17, 15) is 14.7 Å². The van der Waals surface area contributed by atoms with Gasteiger partial charge in [-0.2, -0.15) is 0 Å². The predicted octanol–water partition coefficient (Wildman–Crippen LogP) is 7.50. The number of methoxy groups -OCH3 is 1. The van der Waals surface area contributed by atoms with Crippen molar-refractivity contribution in [1.82, 2.24) is 15.3 Å². The Balaban J connectivity index is 1.25. The van der Waals surface area contributed by atoms with Crippen LogP contribution in [0.5, 0.6) is 5.75 Å². The second kappa shape index (κ2) is 12.0. The van der Waals surface area contributed by atoms with E-state index >= 15 is 0 Å². The number of nitrogens with one attached hydrogen (secondary N) is 1. The number of nitrogens with zero attached hydrogens (tertiary/aromatic N) is 2. The molecule has 3 saturated carbocycles. The molecule has 3 fully saturated rings. The van der Waals surface area contributed by atoms with Crippen molar-refractivity contribution in [2.75, 3.05) is 26.9 Å². The fourth-order valence-electron chi connectivity index (χ4n) is 12.4. The van der Waals surface area contributed by atoms with Crippen LogP contribution in [0.3, 0.4) is 0 Å². The number of benzene rings is 1. The monoisotopic (exact) mass is 685 g/mol. The first-order valence-corrected chi connectivity index (χ1v) is 19.2. The molecule has 8 nitrogen and oxygen atoms in total. The Bertz CT molecular complexity index is 1730. The molecule has 0 radical (unpaired) electrons. The molecule has 0 spiro atoms. The van der Waals surface area contributed by atoms with E-state index < -0.39 is 11.4 Å². The van der Waals surface area contributed by atoms with Crippen molar-refractivity contribution in [3.05, 3.63) is 41.2 Å². The summed E-state index contributed by atoms with van der Waals surface area (Å²) in [5.41, 5.74) is 5.20. The van der Waals surface area contributed by atoms with E-state index in [1.807, 2.05) is 18.2 Å². The van der Waals surface area contributed by atoms with Gasteiger partial charge in [-0.1, -0.05) is 60.1 Å². The summed E-state index contributed by atoms with van der Waals surface area (Å²) in [6.45, 7) is 17.8. The first kappa shape index (κ1) is 35.4. The van der Waals surface area contributed by atoms with Crippen LogP contribution in [0.15, 0.2) is 29.8 Å². The highest BCUT2D eigenvalue weighted by Crippen LogP contribution is 2.75. The summed E-state index contributed by atoms with van der Waals surface area (Å²) in [5, 5.41) is 12.2. The maximum atomic E-state index is 14.2. The molecule has 0 saturated heterocycles. The molecular weight excluding hydrogens is 626 g/mol. The molecule has 272 valence electrons. The van der Waals surface area contributed by atoms with E-state index in [-0.39, 0.29) is 52.1 Å². The van der Waals surface area contributed by atoms with Crippen LogP contribution >= 0.6 is 0 Å². The summed E-state index contributed by atoms with van der Waals surface area (Å²) >= 11 is 0. The number of hydrogen-bond donors (Lipinski definition) is 2. The van der Waals surface area contributed by atoms with Crippen LogP contribution in [0, 0.1) is 44.8 Å². The molecule has 7 rings (SSSR count). The van der Waals surface area contributed by atoms with E-state index in [1.165, 1.54) is 12.7 Å². The van der Waals surface area contributed by atoms with Gasteiger partial charge in [0.25, 0.3) is 0 Å². The fraction of sp³-hybridized carbons (Fsp3) is 0.714. The average molecular weight is 686 g/mol. The molecule has 0 bridgehead atoms. The normalized spacial score (nSPS) is 36.4. The minimum Gasteiger partial charge on any atom is -0.493 e. The molecule has 1 unspecified atom stereocenters. The topological polar surface area (TPSA) is 111 Å². The van der Waals surface area contributed by atoms with Crippen molar-refractivity contribution < 1.29 is 24.2 Å². The number of hydrogen-bond acceptors (Lipinski definition) is 7. The quantitative estimate of drug-likeness (QED) is 0.177. The van der Waals surface area contributed by atoms with Gasteiger partial charge in [0.1, 0.15) is 12.3 Å². The highest BCUT2D eigenvalue weighted by molar-refractivity contribution is 5.87. The van der Waals surface area contributed by atoms with Crippen LogP contribution in [0.4, 0.5) is 0 Å². The number of aliphatic hydroxyl groups excluding tert-OH is 1. The third kappa shape index (κ3) is 5.16. The Labute approximate surface area is 298 Å². The number of allylic oxidation sites excluding steroid dienone is 2. The maximum Gasteiger partial charge on any atom is 0.325 e. The van der Waals surface area contributed by atoms with Crippen LogP contribution in [0.1, 0.15) is 118 Å². The van der Waals surface area contributed by atoms with Gasteiger partial charge in [0, 0.05) is 24.5 Å². The molecule has 1 amide bonds. The number of aromatic nitrogens is 2. The van der Waals surface area contributed by atoms with Crippen LogP contribution < -0.4 is 10.1 Å². The minimum absolute atomic E-state index is 0.0139. The number of rotatable bonds is 7. The largest absolute Gasteiger partial charge is 0.493 e. The van der Waals surface area contributed by atoms with Crippen molar-refractivity contribution >= 4 is 22.9 Å². The van der Waals surface area contributed by atoms with Gasteiger partial charge in [0.05, 0.1) is 41.6 Å². The second-order valence-corrected chi connectivity index (χ2v) is 18.6. The minimum atomic E-state index is -0.481. The molecule has 5 aliphatic rings. The number of fused-ring (bicyclic) bond motifs is 9. The van der Waals surface area contributed by atoms with E-state index in [0.717, 1.165) is 86.0 Å². The molecule has 50 heavy (non-hydrogen) atoms. The first-order valence-electron chi connectivity index (χ1n) is 19.2. The highest BCUT2D eigenvalue weighted by atomic mass is 16.5. The molecule has 2 N–H and O–H groups in total. The Hall–Kier alpha value is -3.00. The van der Waals surface area contributed by atoms with E-state index in [4.69, 9.17) is 19.4 Å². The van der Waals surface area contributed by atoms with Gasteiger partial charge >= 0.3 is 5.97 Å². The zero-order valence-electron chi connectivity index (χ0n) is 31.7. The van der Waals surface area contributed by atoms with Gasteiger partial charge in [-0.05, 0) is 109 Å². The van der Waals surface area contributed by atoms with Crippen LogP contribution in [-0.4, -0.2) is 53.8 Å². The Kier molecular flexibility index (Phi) is 8.52. The summed E-state index contributed by atoms with van der Waals surface area (Å²) in [7, 11) is 1.37. The number of carbonyl (C=O) groups excluding carboxylic acids is 2. The summed E-state index contributed by atoms with van der Waals surface area (Å²) in [6.07, 6.45) is 12.2. The fourth-order valence-corrected chi connectivity index (χ4v) is 12.4. The summed E-state index contributed by atoms with van der Waals surface area (Å²) in [5.74, 6) is 1.52. The van der Waals surface area contributed by atoms with Gasteiger partial charge in [0.15, 0.2) is 0 Å². The first-order chi connectivity index (χ1) is 23.5. The van der Waals surface area contributed by atoms with Crippen molar-refractivity contribution in [2.45, 2.75) is 118 Å². The number of ether oxygens (including phenoxy) is 2. The number of amides is 1. The van der Waals surface area contributed by atoms with E-state index in [2.05, 4.69) is 59.9 Å². The Morgan fingerprint density at radius 2 is 1.72 bits per heavy atom. The molecular formula is C42H59N3O5. The summed E-state index contributed by atoms with van der Waals surface area (Å²) < 4.78 is 10.8. The lowest BCUT2D eigenvalue weighted by Crippen LogP contribution is -2.65. The van der Waals surface area contributed by atoms with Gasteiger partial charge in [-0.15, -0.1) is 0 Å². The Morgan fingerprint density at radius 3 is 2.46 bits per heavy atom. The number of carbonyl (C=O) groups is 2. The standard InChI is InChI=1S/C42H59N3O5/c1-37(2)16-18-42(36(48)43-25-34(47)49-8)19-17-40(6)27(28(42)23-37)11-13-33-39(5)24-31-35(38(3,4)32(39)14-15-41(33,40)7)45-30-22-26(50-21-9-20-46)10-12-29(30)44-31/h10-12,22,28,32-33,46H,9,13-21,23-25H2,1-8H3,(H,43,48)/t28-,32?,33+,39-,40+,41+,42-/m0/s1. The molecule has 1 aromatic heterocycles. The van der Waals surface area contributed by atoms with Crippen LogP contribution in [0.2, 0.25) is 0 Å². The van der Waals surface area contributed by atoms with Crippen LogP contribution in [0.25, 0.3) is 11.0 Å². The SMILES string of the molecule is COC(=O)CNC(=O)[C@]12CCC(C)(C)C[C@H]1C1=CC[C@@H]3[C@@]4(C)Cc5nc6ccc(OCCCO)cc6nc5C(C)(C)C4CC[C@@]3(C)[C@]1(C)CC2.